The van der Waals surface area contributed by atoms with Gasteiger partial charge >= 0.3 is 0 Å². The van der Waals surface area contributed by atoms with Crippen LogP contribution in [0.25, 0.3) is 11.5 Å². The third-order valence-electron chi connectivity index (χ3n) is 2.44. The Morgan fingerprint density at radius 3 is 2.94 bits per heavy atom. The summed E-state index contributed by atoms with van der Waals surface area (Å²) in [6.07, 6.45) is 1.93. The molecule has 0 aliphatic rings. The molecule has 2 heterocycles. The van der Waals surface area contributed by atoms with Gasteiger partial charge in [-0.1, -0.05) is 19.0 Å². The fraction of sp³-hybridized carbons (Fsp3) is 0.500. The van der Waals surface area contributed by atoms with Crippen molar-refractivity contribution in [2.45, 2.75) is 33.3 Å². The Morgan fingerprint density at radius 1 is 1.44 bits per heavy atom. The molecule has 0 bridgehead atoms. The average molecular weight is 267 g/mol. The highest BCUT2D eigenvalue weighted by molar-refractivity contribution is 7.16. The first kappa shape index (κ1) is 13.0. The van der Waals surface area contributed by atoms with Gasteiger partial charge in [-0.2, -0.15) is 4.98 Å². The number of thiophene rings is 1. The van der Waals surface area contributed by atoms with E-state index in [1.807, 2.05) is 6.07 Å². The Kier molecular flexibility index (Phi) is 4.33. The van der Waals surface area contributed by atoms with E-state index >= 15 is 0 Å². The van der Waals surface area contributed by atoms with Crippen LogP contribution in [-0.2, 0) is 17.8 Å². The van der Waals surface area contributed by atoms with Crippen LogP contribution in [0.5, 0.6) is 0 Å². The molecule has 0 saturated heterocycles. The summed E-state index contributed by atoms with van der Waals surface area (Å²) in [5, 5.41) is 4.60. The van der Waals surface area contributed by atoms with Crippen LogP contribution in [0.1, 0.15) is 31.0 Å². The van der Waals surface area contributed by atoms with Gasteiger partial charge in [-0.3, -0.25) is 0 Å². The van der Waals surface area contributed by atoms with Gasteiger partial charge in [0.2, 0.25) is 0 Å². The second kappa shape index (κ2) is 5.97. The molecule has 0 spiro atoms. The first-order valence-electron chi connectivity index (χ1n) is 6.03. The van der Waals surface area contributed by atoms with Gasteiger partial charge in [-0.05, 0) is 18.9 Å². The molecule has 2 aromatic heterocycles. The molecule has 98 valence electrons. The molecule has 0 aliphatic heterocycles. The van der Waals surface area contributed by atoms with Gasteiger partial charge in [0.15, 0.2) is 5.82 Å². The monoisotopic (exact) mass is 267 g/mol. The molecule has 6 heteroatoms. The molecule has 0 fully saturated rings. The summed E-state index contributed by atoms with van der Waals surface area (Å²) < 4.78 is 10.6. The van der Waals surface area contributed by atoms with Crippen molar-refractivity contribution in [1.82, 2.24) is 10.1 Å². The van der Waals surface area contributed by atoms with Crippen molar-refractivity contribution in [3.63, 3.8) is 0 Å². The molecular formula is C12H17N3O2S. The quantitative estimate of drug-likeness (QED) is 0.814. The van der Waals surface area contributed by atoms with Crippen molar-refractivity contribution in [3.8, 4) is 11.5 Å². The highest BCUT2D eigenvalue weighted by Gasteiger charge is 2.14. The number of nitrogens with two attached hydrogens (primary N) is 1. The lowest BCUT2D eigenvalue weighted by Crippen LogP contribution is -1.95. The third-order valence-corrected chi connectivity index (χ3v) is 3.55. The summed E-state index contributed by atoms with van der Waals surface area (Å²) in [5.41, 5.74) is 6.76. The van der Waals surface area contributed by atoms with E-state index in [-0.39, 0.29) is 0 Å². The zero-order valence-electron chi connectivity index (χ0n) is 10.6. The number of anilines is 1. The molecule has 0 aliphatic carbocycles. The van der Waals surface area contributed by atoms with Crippen molar-refractivity contribution < 1.29 is 9.26 Å². The van der Waals surface area contributed by atoms with Gasteiger partial charge in [-0.25, -0.2) is 0 Å². The van der Waals surface area contributed by atoms with Crippen molar-refractivity contribution in [1.29, 1.82) is 0 Å². The predicted octanol–water partition coefficient (Wildman–Crippen LogP) is 2.87. The van der Waals surface area contributed by atoms with Crippen molar-refractivity contribution >= 4 is 16.3 Å². The van der Waals surface area contributed by atoms with Crippen LogP contribution in [0.3, 0.4) is 0 Å². The molecule has 2 N–H and O–H groups in total. The molecule has 2 rings (SSSR count). The number of aromatic nitrogens is 2. The molecule has 18 heavy (non-hydrogen) atoms. The topological polar surface area (TPSA) is 74.2 Å². The van der Waals surface area contributed by atoms with Crippen LogP contribution in [0.15, 0.2) is 10.6 Å². The van der Waals surface area contributed by atoms with Gasteiger partial charge in [0, 0.05) is 11.5 Å². The van der Waals surface area contributed by atoms with Crippen LogP contribution in [0, 0.1) is 0 Å². The number of hydrogen-bond acceptors (Lipinski definition) is 6. The van der Waals surface area contributed by atoms with E-state index in [1.165, 1.54) is 4.88 Å². The predicted molar refractivity (Wildman–Crippen MR) is 71.3 cm³/mol. The van der Waals surface area contributed by atoms with E-state index < -0.39 is 0 Å². The SMILES string of the molecule is CCCOCc1noc(-c2cc(CC)sc2N)n1. The molecule has 2 aromatic rings. The maximum Gasteiger partial charge on any atom is 0.261 e. The summed E-state index contributed by atoms with van der Waals surface area (Å²) >= 11 is 1.56. The number of nitrogen functional groups attached to an aromatic ring is 1. The lowest BCUT2D eigenvalue weighted by molar-refractivity contribution is 0.114. The normalized spacial score (nSPS) is 11.0. The first-order valence-corrected chi connectivity index (χ1v) is 6.85. The number of ether oxygens (including phenoxy) is 1. The summed E-state index contributed by atoms with van der Waals surface area (Å²) in [4.78, 5) is 5.50. The van der Waals surface area contributed by atoms with Gasteiger partial charge in [-0.15, -0.1) is 11.3 Å². The van der Waals surface area contributed by atoms with E-state index in [0.717, 1.165) is 23.4 Å². The Bertz CT molecular complexity index is 507. The lowest BCUT2D eigenvalue weighted by Gasteiger charge is -1.95. The molecule has 0 unspecified atom stereocenters. The van der Waals surface area contributed by atoms with Crippen molar-refractivity contribution in [3.05, 3.63) is 16.8 Å². The van der Waals surface area contributed by atoms with Crippen LogP contribution in [0.2, 0.25) is 0 Å². The van der Waals surface area contributed by atoms with E-state index in [4.69, 9.17) is 15.0 Å². The van der Waals surface area contributed by atoms with Gasteiger partial charge in [0.25, 0.3) is 5.89 Å². The van der Waals surface area contributed by atoms with E-state index in [1.54, 1.807) is 11.3 Å². The molecule has 0 radical (unpaired) electrons. The second-order valence-corrected chi connectivity index (χ2v) is 5.08. The molecule has 0 atom stereocenters. The zero-order chi connectivity index (χ0) is 13.0. The number of aryl methyl sites for hydroxylation is 1. The molecular weight excluding hydrogens is 250 g/mol. The molecule has 0 saturated carbocycles. The van der Waals surface area contributed by atoms with Crippen LogP contribution >= 0.6 is 11.3 Å². The third kappa shape index (κ3) is 2.88. The largest absolute Gasteiger partial charge is 0.390 e. The Hall–Kier alpha value is -1.40. The maximum atomic E-state index is 5.94. The van der Waals surface area contributed by atoms with Gasteiger partial charge < -0.3 is 15.0 Å². The van der Waals surface area contributed by atoms with E-state index in [0.29, 0.717) is 24.9 Å². The Balaban J connectivity index is 2.11. The second-order valence-electron chi connectivity index (χ2n) is 3.91. The molecule has 0 aromatic carbocycles. The molecule has 0 amide bonds. The lowest BCUT2D eigenvalue weighted by atomic mass is 10.2. The fourth-order valence-electron chi connectivity index (χ4n) is 1.53. The molecule has 5 nitrogen and oxygen atoms in total. The van der Waals surface area contributed by atoms with Gasteiger partial charge in [0.1, 0.15) is 6.61 Å². The highest BCUT2D eigenvalue weighted by Crippen LogP contribution is 2.33. The minimum Gasteiger partial charge on any atom is -0.390 e. The average Bonchev–Trinajstić information content (AvgIpc) is 2.96. The fourth-order valence-corrected chi connectivity index (χ4v) is 2.39. The van der Waals surface area contributed by atoms with E-state index in [9.17, 15) is 0 Å². The number of rotatable bonds is 6. The van der Waals surface area contributed by atoms with Crippen molar-refractivity contribution in [2.24, 2.45) is 0 Å². The van der Waals surface area contributed by atoms with Gasteiger partial charge in [0.05, 0.1) is 10.6 Å². The van der Waals surface area contributed by atoms with Crippen LogP contribution in [-0.4, -0.2) is 16.7 Å². The summed E-state index contributed by atoms with van der Waals surface area (Å²) in [6.45, 7) is 5.22. The summed E-state index contributed by atoms with van der Waals surface area (Å²) in [7, 11) is 0. The first-order chi connectivity index (χ1) is 8.74. The number of hydrogen-bond donors (Lipinski definition) is 1. The summed E-state index contributed by atoms with van der Waals surface area (Å²) in [6, 6.07) is 2.00. The standard InChI is InChI=1S/C12H17N3O2S/c1-3-5-16-7-10-14-12(17-15-10)9-6-8(4-2)18-11(9)13/h6H,3-5,7,13H2,1-2H3. The number of nitrogens with zero attached hydrogens (tertiary/aromatic N) is 2. The summed E-state index contributed by atoms with van der Waals surface area (Å²) in [5.74, 6) is 1.03. The maximum absolute atomic E-state index is 5.94. The van der Waals surface area contributed by atoms with Crippen LogP contribution < -0.4 is 5.73 Å². The van der Waals surface area contributed by atoms with Crippen molar-refractivity contribution in [2.75, 3.05) is 12.3 Å². The Labute approximate surface area is 110 Å². The highest BCUT2D eigenvalue weighted by atomic mass is 32.1. The minimum atomic E-state index is 0.377. The van der Waals surface area contributed by atoms with Crippen LogP contribution in [0.4, 0.5) is 5.00 Å². The van der Waals surface area contributed by atoms with E-state index in [2.05, 4.69) is 24.0 Å². The minimum absolute atomic E-state index is 0.377. The smallest absolute Gasteiger partial charge is 0.261 e. The Morgan fingerprint density at radius 2 is 2.28 bits per heavy atom. The zero-order valence-corrected chi connectivity index (χ0v) is 11.4.